The number of carbonyl (C=O) groups is 1. The molecule has 0 bridgehead atoms. The van der Waals surface area contributed by atoms with Gasteiger partial charge >= 0.3 is 11.7 Å². The van der Waals surface area contributed by atoms with Crippen LogP contribution in [0.25, 0.3) is 0 Å². The fourth-order valence-corrected chi connectivity index (χ4v) is 3.82. The van der Waals surface area contributed by atoms with Crippen molar-refractivity contribution in [1.29, 1.82) is 0 Å². The third-order valence-electron chi connectivity index (χ3n) is 5.56. The van der Waals surface area contributed by atoms with Gasteiger partial charge in [-0.25, -0.2) is 9.97 Å². The van der Waals surface area contributed by atoms with Gasteiger partial charge in [0, 0.05) is 38.9 Å². The number of esters is 1. The fourth-order valence-electron chi connectivity index (χ4n) is 3.82. The molecule has 0 aliphatic carbocycles. The topological polar surface area (TPSA) is 114 Å². The summed E-state index contributed by atoms with van der Waals surface area (Å²) in [5, 5.41) is 14.9. The van der Waals surface area contributed by atoms with Crippen molar-refractivity contribution in [3.05, 3.63) is 46.8 Å². The van der Waals surface area contributed by atoms with Gasteiger partial charge in [0.1, 0.15) is 6.33 Å². The smallest absolute Gasteiger partial charge is 0.353 e. The number of piperidine rings is 1. The third-order valence-corrected chi connectivity index (χ3v) is 5.56. The number of hydrogen-bond acceptors (Lipinski definition) is 9. The van der Waals surface area contributed by atoms with Crippen molar-refractivity contribution in [3.63, 3.8) is 0 Å². The second kappa shape index (κ2) is 11.3. The second-order valence-electron chi connectivity index (χ2n) is 7.70. The zero-order valence-corrected chi connectivity index (χ0v) is 18.6. The molecular formula is C22H30N6O4. The summed E-state index contributed by atoms with van der Waals surface area (Å²) in [4.78, 5) is 35.7. The van der Waals surface area contributed by atoms with Gasteiger partial charge in [0.2, 0.25) is 11.6 Å². The molecule has 172 valence electrons. The molecule has 1 aromatic carbocycles. The van der Waals surface area contributed by atoms with Crippen molar-refractivity contribution >= 4 is 29.0 Å². The van der Waals surface area contributed by atoms with Crippen molar-refractivity contribution in [3.8, 4) is 0 Å². The number of carbonyl (C=O) groups excluding carboxylic acids is 1. The summed E-state index contributed by atoms with van der Waals surface area (Å²) >= 11 is 0. The summed E-state index contributed by atoms with van der Waals surface area (Å²) in [6.45, 7) is 4.48. The van der Waals surface area contributed by atoms with E-state index in [0.29, 0.717) is 39.1 Å². The molecule has 1 aliphatic rings. The van der Waals surface area contributed by atoms with Crippen LogP contribution in [-0.2, 0) is 9.53 Å². The Hall–Kier alpha value is -3.43. The molecule has 0 saturated carbocycles. The summed E-state index contributed by atoms with van der Waals surface area (Å²) in [6.07, 6.45) is 3.29. The summed E-state index contributed by atoms with van der Waals surface area (Å²) in [7, 11) is 2.01. The van der Waals surface area contributed by atoms with Crippen LogP contribution in [0, 0.1) is 16.0 Å². The first kappa shape index (κ1) is 23.2. The van der Waals surface area contributed by atoms with Crippen LogP contribution < -0.4 is 15.1 Å². The lowest BCUT2D eigenvalue weighted by molar-refractivity contribution is -0.383. The number of nitro groups is 1. The van der Waals surface area contributed by atoms with Gasteiger partial charge in [0.25, 0.3) is 0 Å². The van der Waals surface area contributed by atoms with Crippen LogP contribution in [-0.4, -0.2) is 60.7 Å². The zero-order valence-electron chi connectivity index (χ0n) is 18.6. The van der Waals surface area contributed by atoms with Crippen LogP contribution in [0.5, 0.6) is 0 Å². The van der Waals surface area contributed by atoms with E-state index in [4.69, 9.17) is 4.74 Å². The number of aromatic nitrogens is 2. The summed E-state index contributed by atoms with van der Waals surface area (Å²) < 4.78 is 5.10. The SMILES string of the molecule is CCOC(=O)C1CCN(c2ncnc(NCCCN(C)c3ccccc3)c2[N+](=O)[O-])CC1. The zero-order chi connectivity index (χ0) is 22.9. The number of anilines is 3. The molecule has 10 nitrogen and oxygen atoms in total. The molecule has 2 aromatic rings. The highest BCUT2D eigenvalue weighted by molar-refractivity contribution is 5.74. The monoisotopic (exact) mass is 442 g/mol. The van der Waals surface area contributed by atoms with Crippen LogP contribution in [0.2, 0.25) is 0 Å². The minimum Gasteiger partial charge on any atom is -0.466 e. The highest BCUT2D eigenvalue weighted by Crippen LogP contribution is 2.34. The molecule has 1 saturated heterocycles. The van der Waals surface area contributed by atoms with Gasteiger partial charge in [-0.05, 0) is 38.3 Å². The molecule has 1 aliphatic heterocycles. The number of para-hydroxylation sites is 1. The van der Waals surface area contributed by atoms with Crippen molar-refractivity contribution in [2.45, 2.75) is 26.2 Å². The van der Waals surface area contributed by atoms with Crippen LogP contribution in [0.1, 0.15) is 26.2 Å². The van der Waals surface area contributed by atoms with E-state index in [2.05, 4.69) is 20.2 Å². The highest BCUT2D eigenvalue weighted by atomic mass is 16.6. The van der Waals surface area contributed by atoms with Crippen molar-refractivity contribution < 1.29 is 14.5 Å². The van der Waals surface area contributed by atoms with Crippen LogP contribution >= 0.6 is 0 Å². The van der Waals surface area contributed by atoms with Gasteiger partial charge < -0.3 is 19.9 Å². The van der Waals surface area contributed by atoms with Gasteiger partial charge in [0.15, 0.2) is 0 Å². The molecule has 10 heteroatoms. The van der Waals surface area contributed by atoms with E-state index in [9.17, 15) is 14.9 Å². The van der Waals surface area contributed by atoms with Crippen LogP contribution in [0.3, 0.4) is 0 Å². The molecule has 0 atom stereocenters. The van der Waals surface area contributed by atoms with E-state index >= 15 is 0 Å². The lowest BCUT2D eigenvalue weighted by atomic mass is 9.97. The first-order valence-corrected chi connectivity index (χ1v) is 10.9. The number of rotatable bonds is 10. The Morgan fingerprint density at radius 1 is 1.28 bits per heavy atom. The van der Waals surface area contributed by atoms with E-state index in [0.717, 1.165) is 18.7 Å². The Morgan fingerprint density at radius 3 is 2.66 bits per heavy atom. The largest absolute Gasteiger partial charge is 0.466 e. The van der Waals surface area contributed by atoms with Gasteiger partial charge in [-0.3, -0.25) is 14.9 Å². The number of ether oxygens (including phenoxy) is 1. The maximum Gasteiger partial charge on any atom is 0.353 e. The fraction of sp³-hybridized carbons (Fsp3) is 0.500. The average molecular weight is 443 g/mol. The summed E-state index contributed by atoms with van der Waals surface area (Å²) in [6, 6.07) is 10.0. The third kappa shape index (κ3) is 5.83. The van der Waals surface area contributed by atoms with E-state index in [1.54, 1.807) is 6.92 Å². The Kier molecular flexibility index (Phi) is 8.18. The summed E-state index contributed by atoms with van der Waals surface area (Å²) in [5.74, 6) is 0.129. The maximum atomic E-state index is 12.0. The van der Waals surface area contributed by atoms with E-state index < -0.39 is 4.92 Å². The maximum absolute atomic E-state index is 12.0. The van der Waals surface area contributed by atoms with E-state index in [1.807, 2.05) is 42.3 Å². The van der Waals surface area contributed by atoms with E-state index in [-0.39, 0.29) is 29.2 Å². The molecule has 1 aromatic heterocycles. The molecular weight excluding hydrogens is 412 g/mol. The minimum absolute atomic E-state index is 0.126. The van der Waals surface area contributed by atoms with Gasteiger partial charge in [0.05, 0.1) is 17.4 Å². The van der Waals surface area contributed by atoms with Gasteiger partial charge in [-0.1, -0.05) is 18.2 Å². The standard InChI is InChI=1S/C22H30N6O4/c1-3-32-22(29)17-10-14-27(15-11-17)21-19(28(30)31)20(24-16-25-21)23-12-7-13-26(2)18-8-5-4-6-9-18/h4-6,8-9,16-17H,3,7,10-15H2,1-2H3,(H,23,24,25). The normalized spacial score (nSPS) is 14.1. The lowest BCUT2D eigenvalue weighted by Gasteiger charge is -2.31. The predicted molar refractivity (Wildman–Crippen MR) is 123 cm³/mol. The van der Waals surface area contributed by atoms with Gasteiger partial charge in [-0.15, -0.1) is 0 Å². The Bertz CT molecular complexity index is 903. The van der Waals surface area contributed by atoms with Crippen molar-refractivity contribution in [2.75, 3.05) is 55.0 Å². The first-order chi connectivity index (χ1) is 15.5. The lowest BCUT2D eigenvalue weighted by Crippen LogP contribution is -2.37. The molecule has 3 rings (SSSR count). The molecule has 1 fully saturated rings. The molecule has 0 spiro atoms. The predicted octanol–water partition coefficient (Wildman–Crippen LogP) is 3.10. The molecule has 0 unspecified atom stereocenters. The highest BCUT2D eigenvalue weighted by Gasteiger charge is 2.32. The van der Waals surface area contributed by atoms with Crippen LogP contribution in [0.15, 0.2) is 36.7 Å². The Morgan fingerprint density at radius 2 is 2.00 bits per heavy atom. The minimum atomic E-state index is -0.439. The Labute approximate surface area is 187 Å². The number of nitrogens with zero attached hydrogens (tertiary/aromatic N) is 5. The molecule has 0 amide bonds. The molecule has 32 heavy (non-hydrogen) atoms. The van der Waals surface area contributed by atoms with Crippen molar-refractivity contribution in [2.24, 2.45) is 5.92 Å². The Balaban J connectivity index is 1.60. The summed E-state index contributed by atoms with van der Waals surface area (Å²) in [5.41, 5.74) is 0.993. The number of benzene rings is 1. The number of hydrogen-bond donors (Lipinski definition) is 1. The number of nitrogens with one attached hydrogen (secondary N) is 1. The quantitative estimate of drug-likeness (QED) is 0.256. The van der Waals surface area contributed by atoms with Crippen LogP contribution in [0.4, 0.5) is 23.0 Å². The van der Waals surface area contributed by atoms with Gasteiger partial charge in [-0.2, -0.15) is 0 Å². The average Bonchev–Trinajstić information content (AvgIpc) is 2.82. The van der Waals surface area contributed by atoms with E-state index in [1.165, 1.54) is 6.33 Å². The molecule has 0 radical (unpaired) electrons. The molecule has 1 N–H and O–H groups in total. The first-order valence-electron chi connectivity index (χ1n) is 10.9. The molecule has 2 heterocycles. The van der Waals surface area contributed by atoms with Crippen molar-refractivity contribution in [1.82, 2.24) is 9.97 Å². The second-order valence-corrected chi connectivity index (χ2v) is 7.70.